The Hall–Kier alpha value is 0.160. The van der Waals surface area contributed by atoms with Crippen molar-refractivity contribution in [1.82, 2.24) is 0 Å². The smallest absolute Gasteiger partial charge is 0.183 e. The molecule has 0 aliphatic carbocycles. The molecule has 0 amide bonds. The first-order valence-electron chi connectivity index (χ1n) is 5.41. The van der Waals surface area contributed by atoms with Crippen molar-refractivity contribution < 1.29 is 14.3 Å². The highest BCUT2D eigenvalue weighted by Gasteiger charge is 2.20. The summed E-state index contributed by atoms with van der Waals surface area (Å²) in [5.41, 5.74) is 0. The van der Waals surface area contributed by atoms with Crippen LogP contribution in [0.4, 0.5) is 0 Å². The molecule has 2 atom stereocenters. The van der Waals surface area contributed by atoms with E-state index in [1.165, 1.54) is 0 Å². The molecule has 90 valence electrons. The van der Waals surface area contributed by atoms with Gasteiger partial charge in [0, 0.05) is 6.61 Å². The van der Waals surface area contributed by atoms with E-state index in [4.69, 9.17) is 9.15 Å². The molecule has 1 aromatic rings. The molecular weight excluding hydrogens is 340 g/mol. The minimum atomic E-state index is -0.549. The van der Waals surface area contributed by atoms with Gasteiger partial charge in [-0.05, 0) is 63.6 Å². The molecule has 2 unspecified atom stereocenters. The van der Waals surface area contributed by atoms with Crippen molar-refractivity contribution >= 4 is 31.9 Å². The summed E-state index contributed by atoms with van der Waals surface area (Å²) in [5.74, 6) is 0.594. The molecule has 1 aromatic heterocycles. The largest absolute Gasteiger partial charge is 0.450 e. The summed E-state index contributed by atoms with van der Waals surface area (Å²) in [6.45, 7) is 0.860. The van der Waals surface area contributed by atoms with Gasteiger partial charge in [-0.1, -0.05) is 0 Å². The van der Waals surface area contributed by atoms with Gasteiger partial charge < -0.3 is 14.3 Å². The topological polar surface area (TPSA) is 42.6 Å². The summed E-state index contributed by atoms with van der Waals surface area (Å²) in [5, 5.41) is 9.93. The van der Waals surface area contributed by atoms with Gasteiger partial charge in [-0.15, -0.1) is 0 Å². The average Bonchev–Trinajstić information content (AvgIpc) is 2.86. The van der Waals surface area contributed by atoms with E-state index < -0.39 is 6.10 Å². The number of ether oxygens (including phenoxy) is 1. The van der Waals surface area contributed by atoms with Crippen LogP contribution in [-0.2, 0) is 4.74 Å². The fourth-order valence-electron chi connectivity index (χ4n) is 1.89. The molecule has 0 spiro atoms. The van der Waals surface area contributed by atoms with Crippen molar-refractivity contribution in [3.63, 3.8) is 0 Å². The zero-order chi connectivity index (χ0) is 11.5. The highest BCUT2D eigenvalue weighted by atomic mass is 79.9. The maximum atomic E-state index is 9.93. The summed E-state index contributed by atoms with van der Waals surface area (Å²) in [7, 11) is 0. The lowest BCUT2D eigenvalue weighted by molar-refractivity contribution is 0.0746. The van der Waals surface area contributed by atoms with Crippen LogP contribution in [0.1, 0.15) is 37.5 Å². The van der Waals surface area contributed by atoms with E-state index in [0.717, 1.165) is 30.3 Å². The Labute approximate surface area is 111 Å². The van der Waals surface area contributed by atoms with Crippen LogP contribution in [0.5, 0.6) is 0 Å². The predicted octanol–water partition coefficient (Wildman–Crippen LogP) is 3.80. The van der Waals surface area contributed by atoms with Crippen molar-refractivity contribution in [2.75, 3.05) is 6.61 Å². The van der Waals surface area contributed by atoms with Crippen LogP contribution in [0.25, 0.3) is 0 Å². The Morgan fingerprint density at radius 2 is 2.31 bits per heavy atom. The molecule has 16 heavy (non-hydrogen) atoms. The van der Waals surface area contributed by atoms with Crippen LogP contribution in [0.15, 0.2) is 19.6 Å². The van der Waals surface area contributed by atoms with Crippen LogP contribution < -0.4 is 0 Å². The van der Waals surface area contributed by atoms with Gasteiger partial charge in [-0.2, -0.15) is 0 Å². The highest BCUT2D eigenvalue weighted by molar-refractivity contribution is 9.13. The molecule has 1 fully saturated rings. The fourth-order valence-corrected chi connectivity index (χ4v) is 2.49. The maximum Gasteiger partial charge on any atom is 0.183 e. The van der Waals surface area contributed by atoms with Crippen LogP contribution in [0.2, 0.25) is 0 Å². The summed E-state index contributed by atoms with van der Waals surface area (Å²) in [6.07, 6.45) is 3.58. The van der Waals surface area contributed by atoms with Crippen LogP contribution in [0, 0.1) is 0 Å². The van der Waals surface area contributed by atoms with Gasteiger partial charge in [0.15, 0.2) is 4.67 Å². The van der Waals surface area contributed by atoms with Gasteiger partial charge in [0.05, 0.1) is 10.6 Å². The van der Waals surface area contributed by atoms with Crippen molar-refractivity contribution in [3.8, 4) is 0 Å². The number of aliphatic hydroxyl groups excluding tert-OH is 1. The normalized spacial score (nSPS) is 22.6. The number of hydrogen-bond acceptors (Lipinski definition) is 3. The van der Waals surface area contributed by atoms with E-state index in [1.54, 1.807) is 6.07 Å². The maximum absolute atomic E-state index is 9.93. The van der Waals surface area contributed by atoms with E-state index in [1.807, 2.05) is 0 Å². The van der Waals surface area contributed by atoms with Crippen molar-refractivity contribution in [2.45, 2.75) is 37.9 Å². The van der Waals surface area contributed by atoms with E-state index in [-0.39, 0.29) is 0 Å². The Balaban J connectivity index is 1.84. The molecular formula is C11H14Br2O3. The molecule has 2 rings (SSSR count). The standard InChI is InChI=1S/C11H14Br2O3/c12-8-6-10(16-11(8)13)9(14)4-3-7-2-1-5-15-7/h6-7,9,14H,1-5H2. The van der Waals surface area contributed by atoms with Gasteiger partial charge in [0.25, 0.3) is 0 Å². The molecule has 2 heterocycles. The minimum Gasteiger partial charge on any atom is -0.450 e. The third kappa shape index (κ3) is 3.09. The Kier molecular flexibility index (Phi) is 4.47. The van der Waals surface area contributed by atoms with E-state index >= 15 is 0 Å². The fraction of sp³-hybridized carbons (Fsp3) is 0.636. The molecule has 1 aliphatic heterocycles. The molecule has 1 saturated heterocycles. The lowest BCUT2D eigenvalue weighted by atomic mass is 10.1. The summed E-state index contributed by atoms with van der Waals surface area (Å²) < 4.78 is 12.3. The van der Waals surface area contributed by atoms with Crippen molar-refractivity contribution in [3.05, 3.63) is 21.0 Å². The van der Waals surface area contributed by atoms with E-state index in [0.29, 0.717) is 23.0 Å². The summed E-state index contributed by atoms with van der Waals surface area (Å²) in [4.78, 5) is 0. The molecule has 0 radical (unpaired) electrons. The van der Waals surface area contributed by atoms with Gasteiger partial charge in [0.1, 0.15) is 11.9 Å². The zero-order valence-electron chi connectivity index (χ0n) is 8.79. The van der Waals surface area contributed by atoms with Crippen molar-refractivity contribution in [1.29, 1.82) is 0 Å². The summed E-state index contributed by atoms with van der Waals surface area (Å²) in [6, 6.07) is 1.80. The molecule has 1 N–H and O–H groups in total. The third-order valence-corrected chi connectivity index (χ3v) is 4.49. The number of halogens is 2. The van der Waals surface area contributed by atoms with Gasteiger partial charge >= 0.3 is 0 Å². The highest BCUT2D eigenvalue weighted by Crippen LogP contribution is 2.32. The summed E-state index contributed by atoms with van der Waals surface area (Å²) >= 11 is 6.58. The molecule has 1 aliphatic rings. The second-order valence-electron chi connectivity index (χ2n) is 4.00. The zero-order valence-corrected chi connectivity index (χ0v) is 12.0. The molecule has 0 aromatic carbocycles. The van der Waals surface area contributed by atoms with Crippen LogP contribution >= 0.6 is 31.9 Å². The number of hydrogen-bond donors (Lipinski definition) is 1. The quantitative estimate of drug-likeness (QED) is 0.895. The number of aliphatic hydroxyl groups is 1. The first-order valence-corrected chi connectivity index (χ1v) is 7.00. The monoisotopic (exact) mass is 352 g/mol. The third-order valence-electron chi connectivity index (χ3n) is 2.78. The first-order chi connectivity index (χ1) is 7.66. The van der Waals surface area contributed by atoms with Crippen molar-refractivity contribution in [2.24, 2.45) is 0 Å². The van der Waals surface area contributed by atoms with Gasteiger partial charge in [-0.3, -0.25) is 0 Å². The number of rotatable bonds is 4. The lowest BCUT2D eigenvalue weighted by Crippen LogP contribution is -2.07. The Bertz CT molecular complexity index is 325. The first kappa shape index (κ1) is 12.6. The average molecular weight is 354 g/mol. The second kappa shape index (κ2) is 5.67. The Morgan fingerprint density at radius 1 is 1.50 bits per heavy atom. The lowest BCUT2D eigenvalue weighted by Gasteiger charge is -2.11. The van der Waals surface area contributed by atoms with Crippen LogP contribution in [0.3, 0.4) is 0 Å². The van der Waals surface area contributed by atoms with Gasteiger partial charge in [0.2, 0.25) is 0 Å². The molecule has 5 heteroatoms. The van der Waals surface area contributed by atoms with E-state index in [2.05, 4.69) is 31.9 Å². The minimum absolute atomic E-state index is 0.316. The molecule has 3 nitrogen and oxygen atoms in total. The second-order valence-corrected chi connectivity index (χ2v) is 5.57. The SMILES string of the molecule is OC(CCC1CCCO1)c1cc(Br)c(Br)o1. The molecule has 0 bridgehead atoms. The van der Waals surface area contributed by atoms with E-state index in [9.17, 15) is 5.11 Å². The van der Waals surface area contributed by atoms with Crippen LogP contribution in [-0.4, -0.2) is 17.8 Å². The van der Waals surface area contributed by atoms with Gasteiger partial charge in [-0.25, -0.2) is 0 Å². The predicted molar refractivity (Wildman–Crippen MR) is 67.3 cm³/mol. The number of furan rings is 1. The Morgan fingerprint density at radius 3 is 2.88 bits per heavy atom. The molecule has 0 saturated carbocycles.